The lowest BCUT2D eigenvalue weighted by molar-refractivity contribution is -0.117. The average molecular weight is 449 g/mol. The Morgan fingerprint density at radius 2 is 1.56 bits per heavy atom. The zero-order chi connectivity index (χ0) is 17.5. The molecule has 1 amide bonds. The molecule has 1 heterocycles. The molecular formula is C20H24IN3O. The highest BCUT2D eigenvalue weighted by Crippen LogP contribution is 2.11. The van der Waals surface area contributed by atoms with E-state index in [1.807, 2.05) is 24.3 Å². The minimum absolute atomic E-state index is 0.0685. The van der Waals surface area contributed by atoms with Crippen molar-refractivity contribution in [3.05, 3.63) is 63.7 Å². The van der Waals surface area contributed by atoms with E-state index in [0.717, 1.165) is 44.8 Å². The standard InChI is InChI=1S/C20H24IN3O/c21-18-6-8-19(9-7-18)22-20(25)16-24-14-12-23(13-15-24)11-10-17-4-2-1-3-5-17/h1-9H,10-16H2,(H,22,25). The number of amides is 1. The second kappa shape index (κ2) is 9.31. The number of hydrogen-bond acceptors (Lipinski definition) is 3. The maximum atomic E-state index is 12.2. The van der Waals surface area contributed by atoms with Crippen LogP contribution in [0.3, 0.4) is 0 Å². The Morgan fingerprint density at radius 3 is 2.24 bits per heavy atom. The first-order valence-corrected chi connectivity index (χ1v) is 9.81. The number of rotatable bonds is 6. The van der Waals surface area contributed by atoms with Gasteiger partial charge in [-0.15, -0.1) is 0 Å². The van der Waals surface area contributed by atoms with Gasteiger partial charge in [-0.2, -0.15) is 0 Å². The Labute approximate surface area is 163 Å². The van der Waals surface area contributed by atoms with E-state index in [2.05, 4.69) is 68.0 Å². The molecule has 25 heavy (non-hydrogen) atoms. The van der Waals surface area contributed by atoms with E-state index < -0.39 is 0 Å². The number of benzene rings is 2. The molecule has 1 N–H and O–H groups in total. The topological polar surface area (TPSA) is 35.6 Å². The first-order chi connectivity index (χ1) is 12.2. The molecule has 1 saturated heterocycles. The van der Waals surface area contributed by atoms with Crippen LogP contribution < -0.4 is 5.32 Å². The molecule has 5 heteroatoms. The van der Waals surface area contributed by atoms with Crippen molar-refractivity contribution in [2.75, 3.05) is 44.6 Å². The highest BCUT2D eigenvalue weighted by molar-refractivity contribution is 14.1. The molecule has 0 radical (unpaired) electrons. The van der Waals surface area contributed by atoms with E-state index >= 15 is 0 Å². The molecule has 2 aromatic rings. The predicted molar refractivity (Wildman–Crippen MR) is 111 cm³/mol. The summed E-state index contributed by atoms with van der Waals surface area (Å²) in [6.07, 6.45) is 1.09. The Hall–Kier alpha value is -1.44. The molecule has 132 valence electrons. The highest BCUT2D eigenvalue weighted by Gasteiger charge is 2.18. The van der Waals surface area contributed by atoms with Gasteiger partial charge >= 0.3 is 0 Å². The molecule has 3 rings (SSSR count). The molecule has 0 saturated carbocycles. The lowest BCUT2D eigenvalue weighted by Crippen LogP contribution is -2.49. The predicted octanol–water partition coefficient (Wildman–Crippen LogP) is 3.09. The van der Waals surface area contributed by atoms with Gasteiger partial charge in [0, 0.05) is 42.0 Å². The molecule has 0 atom stereocenters. The highest BCUT2D eigenvalue weighted by atomic mass is 127. The number of carbonyl (C=O) groups excluding carboxylic acids is 1. The Bertz CT molecular complexity index is 667. The number of halogens is 1. The summed E-state index contributed by atoms with van der Waals surface area (Å²) in [4.78, 5) is 16.9. The molecule has 0 unspecified atom stereocenters. The van der Waals surface area contributed by atoms with Gasteiger partial charge in [-0.05, 0) is 58.8 Å². The first kappa shape index (κ1) is 18.4. The van der Waals surface area contributed by atoms with Gasteiger partial charge in [0.15, 0.2) is 0 Å². The van der Waals surface area contributed by atoms with Crippen LogP contribution in [0.2, 0.25) is 0 Å². The number of piperazine rings is 1. The Morgan fingerprint density at radius 1 is 0.920 bits per heavy atom. The minimum atomic E-state index is 0.0685. The third-order valence-corrected chi connectivity index (χ3v) is 5.24. The number of anilines is 1. The smallest absolute Gasteiger partial charge is 0.238 e. The number of nitrogens with zero attached hydrogens (tertiary/aromatic N) is 2. The zero-order valence-electron chi connectivity index (χ0n) is 14.3. The van der Waals surface area contributed by atoms with Crippen LogP contribution in [0, 0.1) is 3.57 Å². The second-order valence-corrected chi connectivity index (χ2v) is 7.65. The van der Waals surface area contributed by atoms with Gasteiger partial charge in [0.2, 0.25) is 5.91 Å². The molecule has 0 spiro atoms. The summed E-state index contributed by atoms with van der Waals surface area (Å²) in [7, 11) is 0. The van der Waals surface area contributed by atoms with Crippen molar-refractivity contribution in [2.45, 2.75) is 6.42 Å². The summed E-state index contributed by atoms with van der Waals surface area (Å²) in [5.74, 6) is 0.0685. The van der Waals surface area contributed by atoms with Crippen molar-refractivity contribution in [2.24, 2.45) is 0 Å². The maximum Gasteiger partial charge on any atom is 0.238 e. The van der Waals surface area contributed by atoms with Gasteiger partial charge in [0.1, 0.15) is 0 Å². The van der Waals surface area contributed by atoms with Crippen LogP contribution in [0.25, 0.3) is 0 Å². The van der Waals surface area contributed by atoms with Crippen LogP contribution >= 0.6 is 22.6 Å². The normalized spacial score (nSPS) is 15.9. The summed E-state index contributed by atoms with van der Waals surface area (Å²) in [6.45, 7) is 5.53. The fourth-order valence-corrected chi connectivity index (χ4v) is 3.40. The maximum absolute atomic E-state index is 12.2. The van der Waals surface area contributed by atoms with Gasteiger partial charge in [-0.1, -0.05) is 30.3 Å². The van der Waals surface area contributed by atoms with Gasteiger partial charge in [0.05, 0.1) is 6.54 Å². The van der Waals surface area contributed by atoms with E-state index in [4.69, 9.17) is 0 Å². The van der Waals surface area contributed by atoms with E-state index in [1.54, 1.807) is 0 Å². The van der Waals surface area contributed by atoms with E-state index in [0.29, 0.717) is 6.54 Å². The van der Waals surface area contributed by atoms with Crippen molar-refractivity contribution in [1.29, 1.82) is 0 Å². The number of hydrogen-bond donors (Lipinski definition) is 1. The molecule has 2 aromatic carbocycles. The summed E-state index contributed by atoms with van der Waals surface area (Å²) < 4.78 is 1.17. The van der Waals surface area contributed by atoms with Crippen molar-refractivity contribution in [3.63, 3.8) is 0 Å². The fourth-order valence-electron chi connectivity index (χ4n) is 3.04. The first-order valence-electron chi connectivity index (χ1n) is 8.73. The molecular weight excluding hydrogens is 425 g/mol. The van der Waals surface area contributed by atoms with E-state index in [-0.39, 0.29) is 5.91 Å². The third kappa shape index (κ3) is 6.09. The van der Waals surface area contributed by atoms with Crippen LogP contribution in [0.5, 0.6) is 0 Å². The van der Waals surface area contributed by atoms with Gasteiger partial charge in [-0.25, -0.2) is 0 Å². The molecule has 0 aliphatic carbocycles. The number of nitrogens with one attached hydrogen (secondary N) is 1. The molecule has 1 fully saturated rings. The van der Waals surface area contributed by atoms with Crippen LogP contribution in [0.1, 0.15) is 5.56 Å². The van der Waals surface area contributed by atoms with Crippen molar-refractivity contribution < 1.29 is 4.79 Å². The minimum Gasteiger partial charge on any atom is -0.325 e. The summed E-state index contributed by atoms with van der Waals surface area (Å²) in [6, 6.07) is 18.5. The monoisotopic (exact) mass is 449 g/mol. The van der Waals surface area contributed by atoms with Crippen molar-refractivity contribution in [3.8, 4) is 0 Å². The molecule has 4 nitrogen and oxygen atoms in total. The zero-order valence-corrected chi connectivity index (χ0v) is 16.5. The van der Waals surface area contributed by atoms with Crippen LogP contribution in [-0.4, -0.2) is 55.0 Å². The SMILES string of the molecule is O=C(CN1CCN(CCc2ccccc2)CC1)Nc1ccc(I)cc1. The quantitative estimate of drug-likeness (QED) is 0.689. The Balaban J connectivity index is 1.37. The van der Waals surface area contributed by atoms with E-state index in [1.165, 1.54) is 9.13 Å². The van der Waals surface area contributed by atoms with Gasteiger partial charge < -0.3 is 10.2 Å². The molecule has 1 aliphatic heterocycles. The van der Waals surface area contributed by atoms with Crippen LogP contribution in [0.15, 0.2) is 54.6 Å². The summed E-state index contributed by atoms with van der Waals surface area (Å²) >= 11 is 2.26. The van der Waals surface area contributed by atoms with Crippen molar-refractivity contribution in [1.82, 2.24) is 9.80 Å². The van der Waals surface area contributed by atoms with Crippen molar-refractivity contribution >= 4 is 34.2 Å². The summed E-state index contributed by atoms with van der Waals surface area (Å²) in [5.41, 5.74) is 2.26. The van der Waals surface area contributed by atoms with Crippen LogP contribution in [-0.2, 0) is 11.2 Å². The third-order valence-electron chi connectivity index (χ3n) is 4.52. The average Bonchev–Trinajstić information content (AvgIpc) is 2.64. The lowest BCUT2D eigenvalue weighted by atomic mass is 10.1. The largest absolute Gasteiger partial charge is 0.325 e. The second-order valence-electron chi connectivity index (χ2n) is 6.41. The molecule has 0 aromatic heterocycles. The molecule has 0 bridgehead atoms. The Kier molecular flexibility index (Phi) is 6.84. The lowest BCUT2D eigenvalue weighted by Gasteiger charge is -2.34. The molecule has 1 aliphatic rings. The van der Waals surface area contributed by atoms with E-state index in [9.17, 15) is 4.79 Å². The summed E-state index contributed by atoms with van der Waals surface area (Å²) in [5, 5.41) is 2.98. The fraction of sp³-hybridized carbons (Fsp3) is 0.350. The van der Waals surface area contributed by atoms with Gasteiger partial charge in [-0.3, -0.25) is 9.69 Å². The van der Waals surface area contributed by atoms with Gasteiger partial charge in [0.25, 0.3) is 0 Å². The van der Waals surface area contributed by atoms with Crippen LogP contribution in [0.4, 0.5) is 5.69 Å². The number of carbonyl (C=O) groups is 1.